The number of carboxylic acid groups (broad SMARTS) is 1. The second kappa shape index (κ2) is 4.79. The molecule has 0 bridgehead atoms. The molecule has 0 aliphatic rings. The number of benzene rings is 2. The smallest absolute Gasteiger partial charge is 0.337 e. The van der Waals surface area contributed by atoms with Crippen LogP contribution in [0, 0.1) is 6.92 Å². The van der Waals surface area contributed by atoms with Gasteiger partial charge in [0.25, 0.3) is 0 Å². The van der Waals surface area contributed by atoms with Crippen LogP contribution in [0.25, 0.3) is 0 Å². The molecule has 0 saturated heterocycles. The number of nitrogens with two attached hydrogens (primary N) is 1. The van der Waals surface area contributed by atoms with E-state index < -0.39 is 5.97 Å². The van der Waals surface area contributed by atoms with Crippen LogP contribution in [0.3, 0.4) is 0 Å². The molecule has 3 N–H and O–H groups in total. The predicted octanol–water partition coefficient (Wildman–Crippen LogP) is 3.07. The summed E-state index contributed by atoms with van der Waals surface area (Å²) >= 11 is 0. The number of hydrogen-bond acceptors (Lipinski definition) is 3. The Hall–Kier alpha value is -2.49. The molecule has 4 nitrogen and oxygen atoms in total. The van der Waals surface area contributed by atoms with E-state index in [1.165, 1.54) is 6.07 Å². The highest BCUT2D eigenvalue weighted by Gasteiger charge is 2.12. The summed E-state index contributed by atoms with van der Waals surface area (Å²) in [6, 6.07) is 12.1. The minimum atomic E-state index is -1.07. The summed E-state index contributed by atoms with van der Waals surface area (Å²) in [5, 5.41) is 8.96. The number of nitrogen functional groups attached to an aromatic ring is 1. The van der Waals surface area contributed by atoms with E-state index in [1.807, 2.05) is 25.1 Å². The molecule has 2 aromatic rings. The fraction of sp³-hybridized carbons (Fsp3) is 0.0714. The molecule has 0 atom stereocenters. The van der Waals surface area contributed by atoms with Crippen molar-refractivity contribution < 1.29 is 14.6 Å². The fourth-order valence-electron chi connectivity index (χ4n) is 1.63. The Morgan fingerprint density at radius 3 is 2.61 bits per heavy atom. The van der Waals surface area contributed by atoms with Crippen molar-refractivity contribution >= 4 is 11.7 Å². The summed E-state index contributed by atoms with van der Waals surface area (Å²) in [7, 11) is 0. The van der Waals surface area contributed by atoms with E-state index >= 15 is 0 Å². The maximum atomic E-state index is 10.9. The molecule has 0 fully saturated rings. The first-order chi connectivity index (χ1) is 8.58. The Kier molecular flexibility index (Phi) is 3.19. The van der Waals surface area contributed by atoms with Crippen LogP contribution in [0.15, 0.2) is 42.5 Å². The standard InChI is InChI=1S/C14H13NO3/c1-9-4-2-5-10(8-9)18-12-7-3-6-11(13(12)15)14(16)17/h2-8H,15H2,1H3,(H,16,17). The van der Waals surface area contributed by atoms with Crippen molar-refractivity contribution in [3.05, 3.63) is 53.6 Å². The van der Waals surface area contributed by atoms with Gasteiger partial charge in [0.05, 0.1) is 11.3 Å². The van der Waals surface area contributed by atoms with Crippen LogP contribution < -0.4 is 10.5 Å². The van der Waals surface area contributed by atoms with Gasteiger partial charge in [-0.2, -0.15) is 0 Å². The van der Waals surface area contributed by atoms with Crippen molar-refractivity contribution in [2.24, 2.45) is 0 Å². The lowest BCUT2D eigenvalue weighted by Crippen LogP contribution is -2.03. The highest BCUT2D eigenvalue weighted by molar-refractivity contribution is 5.95. The Morgan fingerprint density at radius 2 is 1.94 bits per heavy atom. The van der Waals surface area contributed by atoms with Crippen molar-refractivity contribution in [3.63, 3.8) is 0 Å². The highest BCUT2D eigenvalue weighted by Crippen LogP contribution is 2.30. The van der Waals surface area contributed by atoms with Crippen LogP contribution in [0.5, 0.6) is 11.5 Å². The molecular weight excluding hydrogens is 230 g/mol. The first-order valence-electron chi connectivity index (χ1n) is 5.44. The highest BCUT2D eigenvalue weighted by atomic mass is 16.5. The maximum absolute atomic E-state index is 10.9. The van der Waals surface area contributed by atoms with Gasteiger partial charge in [-0.1, -0.05) is 18.2 Å². The van der Waals surface area contributed by atoms with E-state index in [0.29, 0.717) is 11.5 Å². The number of para-hydroxylation sites is 1. The average Bonchev–Trinajstić information content (AvgIpc) is 2.31. The summed E-state index contributed by atoms with van der Waals surface area (Å²) in [5.74, 6) is -0.0908. The van der Waals surface area contributed by atoms with Crippen LogP contribution in [0.1, 0.15) is 15.9 Å². The number of anilines is 1. The number of aryl methyl sites for hydroxylation is 1. The average molecular weight is 243 g/mol. The van der Waals surface area contributed by atoms with E-state index in [2.05, 4.69) is 0 Å². The minimum absolute atomic E-state index is 0.0418. The van der Waals surface area contributed by atoms with E-state index in [4.69, 9.17) is 15.6 Å². The van der Waals surface area contributed by atoms with Gasteiger partial charge in [0, 0.05) is 0 Å². The molecule has 0 saturated carbocycles. The number of rotatable bonds is 3. The third-order valence-electron chi connectivity index (χ3n) is 2.51. The zero-order chi connectivity index (χ0) is 13.1. The normalized spacial score (nSPS) is 10.1. The van der Waals surface area contributed by atoms with Crippen LogP contribution in [-0.2, 0) is 0 Å². The lowest BCUT2D eigenvalue weighted by Gasteiger charge is -2.10. The van der Waals surface area contributed by atoms with E-state index in [-0.39, 0.29) is 11.3 Å². The van der Waals surface area contributed by atoms with E-state index in [0.717, 1.165) is 5.56 Å². The third kappa shape index (κ3) is 2.43. The van der Waals surface area contributed by atoms with Gasteiger partial charge in [-0.25, -0.2) is 4.79 Å². The summed E-state index contributed by atoms with van der Waals surface area (Å²) < 4.78 is 5.59. The third-order valence-corrected chi connectivity index (χ3v) is 2.51. The molecule has 0 spiro atoms. The maximum Gasteiger partial charge on any atom is 0.337 e. The monoisotopic (exact) mass is 243 g/mol. The summed E-state index contributed by atoms with van der Waals surface area (Å²) in [6.45, 7) is 1.95. The van der Waals surface area contributed by atoms with Gasteiger partial charge in [-0.05, 0) is 36.8 Å². The topological polar surface area (TPSA) is 72.5 Å². The molecule has 0 unspecified atom stereocenters. The first-order valence-corrected chi connectivity index (χ1v) is 5.44. The largest absolute Gasteiger partial charge is 0.478 e. The first kappa shape index (κ1) is 12.0. The predicted molar refractivity (Wildman–Crippen MR) is 69.1 cm³/mol. The number of ether oxygens (including phenoxy) is 1. The van der Waals surface area contributed by atoms with Crippen molar-refractivity contribution in [3.8, 4) is 11.5 Å². The number of carbonyl (C=O) groups is 1. The number of hydrogen-bond donors (Lipinski definition) is 2. The Balaban J connectivity index is 2.35. The van der Waals surface area contributed by atoms with Crippen molar-refractivity contribution in [2.45, 2.75) is 6.92 Å². The van der Waals surface area contributed by atoms with Gasteiger partial charge in [0.1, 0.15) is 5.75 Å². The van der Waals surface area contributed by atoms with Crippen LogP contribution in [0.2, 0.25) is 0 Å². The van der Waals surface area contributed by atoms with Crippen LogP contribution in [-0.4, -0.2) is 11.1 Å². The molecule has 0 radical (unpaired) electrons. The second-order valence-corrected chi connectivity index (χ2v) is 3.94. The molecule has 0 aliphatic heterocycles. The SMILES string of the molecule is Cc1cccc(Oc2cccc(C(=O)O)c2N)c1. The second-order valence-electron chi connectivity index (χ2n) is 3.94. The molecule has 0 heterocycles. The summed E-state index contributed by atoms with van der Waals surface area (Å²) in [6.07, 6.45) is 0. The molecule has 92 valence electrons. The Labute approximate surface area is 105 Å². The summed E-state index contributed by atoms with van der Waals surface area (Å²) in [5.41, 5.74) is 6.99. The van der Waals surface area contributed by atoms with Gasteiger partial charge in [0.15, 0.2) is 5.75 Å². The van der Waals surface area contributed by atoms with E-state index in [1.54, 1.807) is 18.2 Å². The van der Waals surface area contributed by atoms with E-state index in [9.17, 15) is 4.79 Å². The van der Waals surface area contributed by atoms with Gasteiger partial charge < -0.3 is 15.6 Å². The zero-order valence-electron chi connectivity index (χ0n) is 9.88. The zero-order valence-corrected chi connectivity index (χ0v) is 9.88. The quantitative estimate of drug-likeness (QED) is 0.812. The lowest BCUT2D eigenvalue weighted by atomic mass is 10.1. The number of aromatic carboxylic acids is 1. The molecule has 2 rings (SSSR count). The van der Waals surface area contributed by atoms with Crippen LogP contribution in [0.4, 0.5) is 5.69 Å². The summed E-state index contributed by atoms with van der Waals surface area (Å²) in [4.78, 5) is 10.9. The molecule has 0 amide bonds. The molecule has 0 aliphatic carbocycles. The van der Waals surface area contributed by atoms with Crippen molar-refractivity contribution in [1.29, 1.82) is 0 Å². The van der Waals surface area contributed by atoms with Crippen LogP contribution >= 0.6 is 0 Å². The van der Waals surface area contributed by atoms with Crippen molar-refractivity contribution in [1.82, 2.24) is 0 Å². The molecule has 0 aromatic heterocycles. The Morgan fingerprint density at radius 1 is 1.22 bits per heavy atom. The lowest BCUT2D eigenvalue weighted by molar-refractivity contribution is 0.0697. The molecular formula is C14H13NO3. The molecule has 4 heteroatoms. The minimum Gasteiger partial charge on any atom is -0.478 e. The number of carboxylic acids is 1. The van der Waals surface area contributed by atoms with Gasteiger partial charge in [-0.15, -0.1) is 0 Å². The van der Waals surface area contributed by atoms with Gasteiger partial charge in [0.2, 0.25) is 0 Å². The van der Waals surface area contributed by atoms with Crippen molar-refractivity contribution in [2.75, 3.05) is 5.73 Å². The molecule has 2 aromatic carbocycles. The van der Waals surface area contributed by atoms with Gasteiger partial charge >= 0.3 is 5.97 Å². The molecule has 18 heavy (non-hydrogen) atoms. The Bertz CT molecular complexity index is 593. The van der Waals surface area contributed by atoms with Gasteiger partial charge in [-0.3, -0.25) is 0 Å². The fourth-order valence-corrected chi connectivity index (χ4v) is 1.63.